The third kappa shape index (κ3) is 2.08. The van der Waals surface area contributed by atoms with Crippen molar-refractivity contribution in [2.24, 2.45) is 0 Å². The van der Waals surface area contributed by atoms with Crippen LogP contribution in [-0.2, 0) is 6.54 Å². The molecular formula is C11H20N2S. The Morgan fingerprint density at radius 2 is 1.86 bits per heavy atom. The van der Waals surface area contributed by atoms with Gasteiger partial charge >= 0.3 is 0 Å². The summed E-state index contributed by atoms with van der Waals surface area (Å²) in [5.41, 5.74) is 0. The first-order valence-electron chi connectivity index (χ1n) is 5.26. The number of nitrogens with zero attached hydrogens (tertiary/aromatic N) is 2. The van der Waals surface area contributed by atoms with Gasteiger partial charge in [-0.05, 0) is 39.2 Å². The number of hydrogen-bond acceptors (Lipinski definition) is 2. The van der Waals surface area contributed by atoms with Gasteiger partial charge in [-0.25, -0.2) is 0 Å². The van der Waals surface area contributed by atoms with E-state index >= 15 is 0 Å². The van der Waals surface area contributed by atoms with E-state index in [1.54, 1.807) is 0 Å². The van der Waals surface area contributed by atoms with Gasteiger partial charge in [-0.2, -0.15) is 0 Å². The Bertz CT molecular complexity index is 277. The fraction of sp³-hybridized carbons (Fsp3) is 0.636. The van der Waals surface area contributed by atoms with Crippen LogP contribution in [0.4, 0.5) is 5.82 Å². The quantitative estimate of drug-likeness (QED) is 0.693. The predicted molar refractivity (Wildman–Crippen MR) is 65.4 cm³/mol. The molecule has 0 amide bonds. The highest BCUT2D eigenvalue weighted by molar-refractivity contribution is 7.98. The minimum Gasteiger partial charge on any atom is -0.359 e. The summed E-state index contributed by atoms with van der Waals surface area (Å²) in [5.74, 6) is 1.35. The van der Waals surface area contributed by atoms with Gasteiger partial charge in [-0.15, -0.1) is 11.8 Å². The van der Waals surface area contributed by atoms with Gasteiger partial charge in [-0.1, -0.05) is 0 Å². The van der Waals surface area contributed by atoms with Gasteiger partial charge in [-0.3, -0.25) is 0 Å². The molecule has 0 fully saturated rings. The minimum absolute atomic E-state index is 1.05. The van der Waals surface area contributed by atoms with Crippen molar-refractivity contribution in [1.29, 1.82) is 0 Å². The second kappa shape index (κ2) is 5.35. The van der Waals surface area contributed by atoms with Crippen molar-refractivity contribution in [2.75, 3.05) is 24.2 Å². The maximum Gasteiger partial charge on any atom is 0.109 e. The Hall–Kier alpha value is -0.570. The normalized spacial score (nSPS) is 10.6. The lowest BCUT2D eigenvalue weighted by molar-refractivity contribution is 0.676. The van der Waals surface area contributed by atoms with Crippen molar-refractivity contribution >= 4 is 17.6 Å². The zero-order valence-electron chi connectivity index (χ0n) is 9.58. The summed E-state index contributed by atoms with van der Waals surface area (Å²) >= 11 is 1.82. The Morgan fingerprint density at radius 3 is 2.29 bits per heavy atom. The van der Waals surface area contributed by atoms with E-state index in [0.29, 0.717) is 0 Å². The zero-order valence-corrected chi connectivity index (χ0v) is 10.4. The molecule has 0 aromatic carbocycles. The number of aromatic nitrogens is 1. The van der Waals surface area contributed by atoms with Crippen LogP contribution in [-0.4, -0.2) is 23.9 Å². The van der Waals surface area contributed by atoms with Crippen LogP contribution < -0.4 is 4.90 Å². The molecule has 0 saturated heterocycles. The lowest BCUT2D eigenvalue weighted by atomic mass is 10.4. The maximum atomic E-state index is 2.39. The molecule has 2 nitrogen and oxygen atoms in total. The van der Waals surface area contributed by atoms with Crippen molar-refractivity contribution in [3.63, 3.8) is 0 Å². The Morgan fingerprint density at radius 1 is 1.21 bits per heavy atom. The molecule has 0 radical (unpaired) electrons. The van der Waals surface area contributed by atoms with Crippen LogP contribution in [0.3, 0.4) is 0 Å². The van der Waals surface area contributed by atoms with Crippen molar-refractivity contribution in [2.45, 2.75) is 32.3 Å². The van der Waals surface area contributed by atoms with E-state index in [-0.39, 0.29) is 0 Å². The molecule has 14 heavy (non-hydrogen) atoms. The number of hydrogen-bond donors (Lipinski definition) is 0. The second-order valence-electron chi connectivity index (χ2n) is 3.15. The van der Waals surface area contributed by atoms with E-state index in [0.717, 1.165) is 19.6 Å². The Kier molecular flexibility index (Phi) is 4.39. The van der Waals surface area contributed by atoms with E-state index < -0.39 is 0 Å². The van der Waals surface area contributed by atoms with Crippen LogP contribution >= 0.6 is 11.8 Å². The van der Waals surface area contributed by atoms with Crippen LogP contribution in [0, 0.1) is 0 Å². The molecule has 0 atom stereocenters. The highest BCUT2D eigenvalue weighted by Gasteiger charge is 2.09. The maximum absolute atomic E-state index is 2.39. The fourth-order valence-electron chi connectivity index (χ4n) is 1.76. The number of rotatable bonds is 5. The molecule has 1 heterocycles. The fourth-order valence-corrected chi connectivity index (χ4v) is 2.41. The average Bonchev–Trinajstić information content (AvgIpc) is 2.62. The van der Waals surface area contributed by atoms with E-state index in [4.69, 9.17) is 0 Å². The summed E-state index contributed by atoms with van der Waals surface area (Å²) in [6.07, 6.45) is 2.13. The number of thioether (sulfide) groups is 1. The minimum atomic E-state index is 1.05. The van der Waals surface area contributed by atoms with Crippen molar-refractivity contribution < 1.29 is 0 Å². The standard InChI is InChI=1S/C11H20N2S/c1-5-12(6-2)10-8-9-11(14-4)13(10)7-3/h8-9H,5-7H2,1-4H3. The first-order chi connectivity index (χ1) is 6.78. The summed E-state index contributed by atoms with van der Waals surface area (Å²) < 4.78 is 2.37. The molecule has 3 heteroatoms. The first-order valence-corrected chi connectivity index (χ1v) is 6.49. The van der Waals surface area contributed by atoms with Crippen LogP contribution in [0.25, 0.3) is 0 Å². The highest BCUT2D eigenvalue weighted by Crippen LogP contribution is 2.25. The van der Waals surface area contributed by atoms with Crippen LogP contribution in [0.15, 0.2) is 17.2 Å². The smallest absolute Gasteiger partial charge is 0.109 e. The third-order valence-electron chi connectivity index (χ3n) is 2.53. The van der Waals surface area contributed by atoms with Gasteiger partial charge in [0.25, 0.3) is 0 Å². The van der Waals surface area contributed by atoms with Gasteiger partial charge in [0.1, 0.15) is 5.82 Å². The van der Waals surface area contributed by atoms with Crippen LogP contribution in [0.1, 0.15) is 20.8 Å². The van der Waals surface area contributed by atoms with E-state index in [1.165, 1.54) is 10.8 Å². The molecule has 0 aliphatic carbocycles. The third-order valence-corrected chi connectivity index (χ3v) is 3.31. The van der Waals surface area contributed by atoms with Gasteiger partial charge in [0.05, 0.1) is 5.03 Å². The van der Waals surface area contributed by atoms with E-state index in [9.17, 15) is 0 Å². The lowest BCUT2D eigenvalue weighted by Crippen LogP contribution is -2.24. The van der Waals surface area contributed by atoms with E-state index in [1.807, 2.05) is 11.8 Å². The Labute approximate surface area is 91.3 Å². The van der Waals surface area contributed by atoms with Crippen molar-refractivity contribution in [1.82, 2.24) is 4.57 Å². The Balaban J connectivity index is 3.01. The molecule has 0 aliphatic heterocycles. The molecule has 1 aromatic rings. The molecule has 0 saturated carbocycles. The van der Waals surface area contributed by atoms with Gasteiger partial charge in [0.15, 0.2) is 0 Å². The molecule has 0 N–H and O–H groups in total. The second-order valence-corrected chi connectivity index (χ2v) is 3.98. The molecular weight excluding hydrogens is 192 g/mol. The molecule has 0 unspecified atom stereocenters. The molecule has 0 bridgehead atoms. The lowest BCUT2D eigenvalue weighted by Gasteiger charge is -2.23. The summed E-state index contributed by atoms with van der Waals surface area (Å²) in [6.45, 7) is 9.81. The predicted octanol–water partition coefficient (Wildman–Crippen LogP) is 3.08. The van der Waals surface area contributed by atoms with Gasteiger partial charge in [0, 0.05) is 19.6 Å². The first kappa shape index (κ1) is 11.5. The SMILES string of the molecule is CCN(CC)c1ccc(SC)n1CC. The van der Waals surface area contributed by atoms with Crippen molar-refractivity contribution in [3.8, 4) is 0 Å². The monoisotopic (exact) mass is 212 g/mol. The molecule has 0 aliphatic rings. The summed E-state index contributed by atoms with van der Waals surface area (Å²) in [5, 5.41) is 1.36. The molecule has 1 aromatic heterocycles. The zero-order chi connectivity index (χ0) is 10.6. The molecule has 0 spiro atoms. The highest BCUT2D eigenvalue weighted by atomic mass is 32.2. The largest absolute Gasteiger partial charge is 0.359 e. The summed E-state index contributed by atoms with van der Waals surface area (Å²) in [4.78, 5) is 2.39. The summed E-state index contributed by atoms with van der Waals surface area (Å²) in [6, 6.07) is 4.43. The topological polar surface area (TPSA) is 8.17 Å². The van der Waals surface area contributed by atoms with Crippen LogP contribution in [0.5, 0.6) is 0 Å². The van der Waals surface area contributed by atoms with Crippen LogP contribution in [0.2, 0.25) is 0 Å². The number of anilines is 1. The van der Waals surface area contributed by atoms with Gasteiger partial charge < -0.3 is 9.47 Å². The van der Waals surface area contributed by atoms with E-state index in [2.05, 4.69) is 48.6 Å². The molecule has 80 valence electrons. The van der Waals surface area contributed by atoms with Crippen molar-refractivity contribution in [3.05, 3.63) is 12.1 Å². The average molecular weight is 212 g/mol. The molecule has 1 rings (SSSR count). The van der Waals surface area contributed by atoms with Gasteiger partial charge in [0.2, 0.25) is 0 Å². The summed E-state index contributed by atoms with van der Waals surface area (Å²) in [7, 11) is 0.